The van der Waals surface area contributed by atoms with Gasteiger partial charge >= 0.3 is 0 Å². The second-order valence-electron chi connectivity index (χ2n) is 6.47. The molecule has 1 aliphatic rings. The number of morpholine rings is 1. The first-order valence-electron chi connectivity index (χ1n) is 9.13. The number of benzene rings is 2. The van der Waals surface area contributed by atoms with Gasteiger partial charge in [-0.3, -0.25) is 4.72 Å². The van der Waals surface area contributed by atoms with Crippen LogP contribution >= 0.6 is 0 Å². The van der Waals surface area contributed by atoms with Crippen molar-refractivity contribution in [2.24, 2.45) is 0 Å². The van der Waals surface area contributed by atoms with Gasteiger partial charge < -0.3 is 9.64 Å². The van der Waals surface area contributed by atoms with Crippen LogP contribution in [0.15, 0.2) is 53.4 Å². The monoisotopic (exact) mass is 374 g/mol. The highest BCUT2D eigenvalue weighted by Crippen LogP contribution is 2.28. The summed E-state index contributed by atoms with van der Waals surface area (Å²) in [7, 11) is -3.62. The van der Waals surface area contributed by atoms with Crippen molar-refractivity contribution in [2.75, 3.05) is 35.9 Å². The van der Waals surface area contributed by atoms with Crippen molar-refractivity contribution in [3.05, 3.63) is 54.1 Å². The summed E-state index contributed by atoms with van der Waals surface area (Å²) in [5.41, 5.74) is 2.66. The first-order chi connectivity index (χ1) is 12.6. The third-order valence-electron chi connectivity index (χ3n) is 4.55. The van der Waals surface area contributed by atoms with Gasteiger partial charge in [-0.25, -0.2) is 8.42 Å². The number of anilines is 2. The molecule has 0 unspecified atom stereocenters. The predicted molar refractivity (Wildman–Crippen MR) is 105 cm³/mol. The number of aryl methyl sites for hydroxylation is 1. The number of para-hydroxylation sites is 2. The third kappa shape index (κ3) is 4.56. The van der Waals surface area contributed by atoms with E-state index in [1.807, 2.05) is 30.3 Å². The van der Waals surface area contributed by atoms with Crippen molar-refractivity contribution < 1.29 is 13.2 Å². The molecule has 1 heterocycles. The minimum absolute atomic E-state index is 0.287. The Hall–Kier alpha value is -2.05. The molecule has 2 aromatic rings. The number of nitrogens with zero attached hydrogens (tertiary/aromatic N) is 1. The molecule has 0 radical (unpaired) electrons. The van der Waals surface area contributed by atoms with Crippen LogP contribution in [0.1, 0.15) is 25.3 Å². The molecule has 1 N–H and O–H groups in total. The smallest absolute Gasteiger partial charge is 0.261 e. The minimum atomic E-state index is -3.62. The van der Waals surface area contributed by atoms with E-state index in [-0.39, 0.29) is 4.90 Å². The predicted octanol–water partition coefficient (Wildman–Crippen LogP) is 3.67. The Labute approximate surface area is 156 Å². The van der Waals surface area contributed by atoms with E-state index in [1.165, 1.54) is 5.56 Å². The van der Waals surface area contributed by atoms with E-state index in [4.69, 9.17) is 4.74 Å². The normalized spacial score (nSPS) is 15.0. The van der Waals surface area contributed by atoms with Gasteiger partial charge in [0.25, 0.3) is 10.0 Å². The van der Waals surface area contributed by atoms with Gasteiger partial charge in [0.1, 0.15) is 0 Å². The lowest BCUT2D eigenvalue weighted by Crippen LogP contribution is -2.36. The van der Waals surface area contributed by atoms with Crippen molar-refractivity contribution in [1.82, 2.24) is 0 Å². The van der Waals surface area contributed by atoms with Crippen LogP contribution in [-0.2, 0) is 21.2 Å². The summed E-state index contributed by atoms with van der Waals surface area (Å²) in [6.45, 7) is 4.96. The van der Waals surface area contributed by atoms with Gasteiger partial charge in [-0.15, -0.1) is 0 Å². The number of ether oxygens (including phenoxy) is 1. The van der Waals surface area contributed by atoms with E-state index >= 15 is 0 Å². The minimum Gasteiger partial charge on any atom is -0.378 e. The summed E-state index contributed by atoms with van der Waals surface area (Å²) in [5.74, 6) is 0. The van der Waals surface area contributed by atoms with Crippen LogP contribution in [0.3, 0.4) is 0 Å². The van der Waals surface area contributed by atoms with Crippen LogP contribution in [0.5, 0.6) is 0 Å². The van der Waals surface area contributed by atoms with Gasteiger partial charge in [0.15, 0.2) is 0 Å². The summed E-state index contributed by atoms with van der Waals surface area (Å²) in [5, 5.41) is 0. The molecule has 0 saturated carbocycles. The molecule has 140 valence electrons. The molecule has 1 aliphatic heterocycles. The Balaban J connectivity index is 1.79. The van der Waals surface area contributed by atoms with E-state index < -0.39 is 10.0 Å². The Kier molecular flexibility index (Phi) is 6.16. The zero-order valence-electron chi connectivity index (χ0n) is 15.1. The topological polar surface area (TPSA) is 58.6 Å². The van der Waals surface area contributed by atoms with E-state index in [2.05, 4.69) is 16.5 Å². The molecule has 1 saturated heterocycles. The maximum atomic E-state index is 12.8. The Morgan fingerprint density at radius 1 is 1.04 bits per heavy atom. The highest BCUT2D eigenvalue weighted by atomic mass is 32.2. The molecule has 0 bridgehead atoms. The first-order valence-corrected chi connectivity index (χ1v) is 10.6. The van der Waals surface area contributed by atoms with Crippen molar-refractivity contribution in [2.45, 2.75) is 31.1 Å². The third-order valence-corrected chi connectivity index (χ3v) is 5.93. The maximum Gasteiger partial charge on any atom is 0.261 e. The molecule has 3 rings (SSSR count). The fourth-order valence-electron chi connectivity index (χ4n) is 3.06. The van der Waals surface area contributed by atoms with Crippen LogP contribution in [0.2, 0.25) is 0 Å². The highest BCUT2D eigenvalue weighted by Gasteiger charge is 2.19. The lowest BCUT2D eigenvalue weighted by molar-refractivity contribution is 0.123. The van der Waals surface area contributed by atoms with Gasteiger partial charge in [0.2, 0.25) is 0 Å². The summed E-state index contributed by atoms with van der Waals surface area (Å²) >= 11 is 0. The van der Waals surface area contributed by atoms with Gasteiger partial charge in [-0.2, -0.15) is 0 Å². The number of nitrogens with one attached hydrogen (secondary N) is 1. The average molecular weight is 375 g/mol. The fraction of sp³-hybridized carbons (Fsp3) is 0.400. The highest BCUT2D eigenvalue weighted by molar-refractivity contribution is 7.92. The van der Waals surface area contributed by atoms with E-state index in [0.717, 1.165) is 38.0 Å². The Morgan fingerprint density at radius 3 is 2.42 bits per heavy atom. The summed E-state index contributed by atoms with van der Waals surface area (Å²) in [6, 6.07) is 14.7. The Bertz CT molecular complexity index is 813. The van der Waals surface area contributed by atoms with Crippen molar-refractivity contribution in [3.63, 3.8) is 0 Å². The van der Waals surface area contributed by atoms with Crippen LogP contribution < -0.4 is 9.62 Å². The van der Waals surface area contributed by atoms with Crippen LogP contribution in [-0.4, -0.2) is 34.7 Å². The Morgan fingerprint density at radius 2 is 1.73 bits per heavy atom. The van der Waals surface area contributed by atoms with Crippen LogP contribution in [0.25, 0.3) is 0 Å². The lowest BCUT2D eigenvalue weighted by atomic mass is 10.1. The molecular weight excluding hydrogens is 348 g/mol. The molecule has 0 aromatic heterocycles. The van der Waals surface area contributed by atoms with Crippen molar-refractivity contribution >= 4 is 21.4 Å². The first kappa shape index (κ1) is 18.7. The molecule has 0 aliphatic carbocycles. The molecule has 5 nitrogen and oxygen atoms in total. The van der Waals surface area contributed by atoms with E-state index in [1.54, 1.807) is 18.2 Å². The van der Waals surface area contributed by atoms with Gasteiger partial charge in [0.05, 0.1) is 29.5 Å². The van der Waals surface area contributed by atoms with Crippen LogP contribution in [0.4, 0.5) is 11.4 Å². The largest absolute Gasteiger partial charge is 0.378 e. The molecule has 6 heteroatoms. The van der Waals surface area contributed by atoms with Crippen molar-refractivity contribution in [3.8, 4) is 0 Å². The molecule has 1 fully saturated rings. The molecule has 2 aromatic carbocycles. The zero-order valence-corrected chi connectivity index (χ0v) is 16.0. The second-order valence-corrected chi connectivity index (χ2v) is 8.15. The van der Waals surface area contributed by atoms with Gasteiger partial charge in [0, 0.05) is 13.1 Å². The average Bonchev–Trinajstić information content (AvgIpc) is 2.67. The molecular formula is C20H26N2O3S. The number of hydrogen-bond donors (Lipinski definition) is 1. The lowest BCUT2D eigenvalue weighted by Gasteiger charge is -2.30. The molecule has 26 heavy (non-hydrogen) atoms. The molecule has 0 atom stereocenters. The quantitative estimate of drug-likeness (QED) is 0.803. The molecule has 0 amide bonds. The molecule has 0 spiro atoms. The zero-order chi connectivity index (χ0) is 18.4. The number of rotatable bonds is 7. The summed E-state index contributed by atoms with van der Waals surface area (Å²) in [4.78, 5) is 2.43. The van der Waals surface area contributed by atoms with Gasteiger partial charge in [-0.1, -0.05) is 37.6 Å². The maximum absolute atomic E-state index is 12.8. The number of hydrogen-bond acceptors (Lipinski definition) is 4. The van der Waals surface area contributed by atoms with E-state index in [9.17, 15) is 8.42 Å². The van der Waals surface area contributed by atoms with Gasteiger partial charge in [-0.05, 0) is 42.7 Å². The van der Waals surface area contributed by atoms with Crippen molar-refractivity contribution in [1.29, 1.82) is 0 Å². The number of sulfonamides is 1. The summed E-state index contributed by atoms with van der Waals surface area (Å²) in [6.07, 6.45) is 3.21. The fourth-order valence-corrected chi connectivity index (χ4v) is 4.13. The standard InChI is InChI=1S/C20H26N2O3S/c1-2-3-6-17-9-11-18(12-10-17)26(23,24)21-19-7-4-5-8-20(19)22-13-15-25-16-14-22/h4-5,7-12,21H,2-3,6,13-16H2,1H3. The van der Waals surface area contributed by atoms with Crippen LogP contribution in [0, 0.1) is 0 Å². The SMILES string of the molecule is CCCCc1ccc(S(=O)(=O)Nc2ccccc2N2CCOCC2)cc1. The van der Waals surface area contributed by atoms with E-state index in [0.29, 0.717) is 18.9 Å². The summed E-state index contributed by atoms with van der Waals surface area (Å²) < 4.78 is 33.8. The number of unbranched alkanes of at least 4 members (excludes halogenated alkanes) is 1. The second kappa shape index (κ2) is 8.56.